The molecule has 21 heavy (non-hydrogen) atoms. The molecule has 3 rings (SSSR count). The summed E-state index contributed by atoms with van der Waals surface area (Å²) in [4.78, 5) is 12.5. The molecule has 0 saturated heterocycles. The Labute approximate surface area is 129 Å². The Hall–Kier alpha value is -2.47. The highest BCUT2D eigenvalue weighted by Crippen LogP contribution is 2.18. The zero-order valence-electron chi connectivity index (χ0n) is 11.0. The van der Waals surface area contributed by atoms with Gasteiger partial charge in [0.2, 0.25) is 5.95 Å². The van der Waals surface area contributed by atoms with Crippen molar-refractivity contribution in [2.45, 2.75) is 0 Å². The number of nitrogens with two attached hydrogens (primary N) is 2. The molecular formula is C15H12BrN5. The molecule has 0 fully saturated rings. The fraction of sp³-hybridized carbons (Fsp3) is 0. The van der Waals surface area contributed by atoms with Crippen molar-refractivity contribution in [1.82, 2.24) is 15.0 Å². The summed E-state index contributed by atoms with van der Waals surface area (Å²) >= 11 is 3.41. The van der Waals surface area contributed by atoms with Crippen LogP contribution in [-0.2, 0) is 0 Å². The van der Waals surface area contributed by atoms with Crippen LogP contribution in [0, 0.1) is 0 Å². The molecule has 0 bridgehead atoms. The molecule has 0 amide bonds. The van der Waals surface area contributed by atoms with E-state index in [1.54, 1.807) is 0 Å². The third-order valence-corrected chi connectivity index (χ3v) is 3.45. The molecule has 0 radical (unpaired) electrons. The summed E-state index contributed by atoms with van der Waals surface area (Å²) in [6, 6.07) is 11.7. The van der Waals surface area contributed by atoms with Crippen LogP contribution in [0.3, 0.4) is 0 Å². The Kier molecular flexibility index (Phi) is 3.53. The molecule has 6 heteroatoms. The first-order chi connectivity index (χ1) is 10.1. The van der Waals surface area contributed by atoms with Gasteiger partial charge in [-0.05, 0) is 35.9 Å². The maximum atomic E-state index is 5.83. The number of anilines is 2. The van der Waals surface area contributed by atoms with Crippen LogP contribution in [0.25, 0.3) is 23.2 Å². The average molecular weight is 342 g/mol. The van der Waals surface area contributed by atoms with Crippen molar-refractivity contribution in [2.75, 3.05) is 11.5 Å². The highest BCUT2D eigenvalue weighted by molar-refractivity contribution is 9.10. The summed E-state index contributed by atoms with van der Waals surface area (Å²) < 4.78 is 1.05. The van der Waals surface area contributed by atoms with Crippen LogP contribution in [0.2, 0.25) is 0 Å². The van der Waals surface area contributed by atoms with Gasteiger partial charge in [-0.15, -0.1) is 0 Å². The Morgan fingerprint density at radius 3 is 2.38 bits per heavy atom. The van der Waals surface area contributed by atoms with Crippen LogP contribution in [0.4, 0.5) is 11.8 Å². The van der Waals surface area contributed by atoms with Gasteiger partial charge in [0, 0.05) is 4.47 Å². The molecule has 5 nitrogen and oxygen atoms in total. The molecule has 0 atom stereocenters. The lowest BCUT2D eigenvalue weighted by Gasteiger charge is -2.02. The number of pyridine rings is 1. The normalized spacial score (nSPS) is 11.3. The Morgan fingerprint density at radius 1 is 0.857 bits per heavy atom. The van der Waals surface area contributed by atoms with E-state index in [-0.39, 0.29) is 11.8 Å². The van der Waals surface area contributed by atoms with E-state index in [1.807, 2.05) is 48.6 Å². The minimum Gasteiger partial charge on any atom is -0.382 e. The molecule has 0 spiro atoms. The molecule has 0 saturated carbocycles. The van der Waals surface area contributed by atoms with Gasteiger partial charge in [-0.3, -0.25) is 0 Å². The second-order valence-electron chi connectivity index (χ2n) is 4.46. The van der Waals surface area contributed by atoms with Gasteiger partial charge >= 0.3 is 0 Å². The number of aromatic nitrogens is 3. The minimum atomic E-state index is 0.153. The van der Waals surface area contributed by atoms with E-state index < -0.39 is 0 Å². The van der Waals surface area contributed by atoms with Gasteiger partial charge in [0.1, 0.15) is 5.52 Å². The van der Waals surface area contributed by atoms with Crippen molar-refractivity contribution in [3.63, 3.8) is 0 Å². The van der Waals surface area contributed by atoms with Crippen molar-refractivity contribution in [3.05, 3.63) is 52.1 Å². The molecule has 1 aromatic carbocycles. The monoisotopic (exact) mass is 341 g/mol. The molecule has 4 N–H and O–H groups in total. The van der Waals surface area contributed by atoms with Gasteiger partial charge in [-0.2, -0.15) is 4.98 Å². The van der Waals surface area contributed by atoms with Gasteiger partial charge in [-0.1, -0.05) is 34.1 Å². The Balaban J connectivity index is 1.96. The van der Waals surface area contributed by atoms with Crippen molar-refractivity contribution >= 4 is 50.9 Å². The van der Waals surface area contributed by atoms with Crippen LogP contribution in [0.5, 0.6) is 0 Å². The standard InChI is InChI=1S/C15H12BrN5/c16-10-4-1-9(2-5-10)3-6-11-7-8-12-13(19-11)14(17)21-15(18)20-12/h1-8H,(H4,17,18,20,21)/b6-3+. The highest BCUT2D eigenvalue weighted by atomic mass is 79.9. The summed E-state index contributed by atoms with van der Waals surface area (Å²) in [5, 5.41) is 0. The molecule has 3 aromatic rings. The number of hydrogen-bond acceptors (Lipinski definition) is 5. The minimum absolute atomic E-state index is 0.153. The van der Waals surface area contributed by atoms with Crippen molar-refractivity contribution < 1.29 is 0 Å². The van der Waals surface area contributed by atoms with E-state index in [0.717, 1.165) is 15.7 Å². The first-order valence-corrected chi connectivity index (χ1v) is 7.04. The van der Waals surface area contributed by atoms with Gasteiger partial charge in [0.15, 0.2) is 5.82 Å². The highest BCUT2D eigenvalue weighted by Gasteiger charge is 2.04. The average Bonchev–Trinajstić information content (AvgIpc) is 2.47. The second kappa shape index (κ2) is 5.49. The maximum Gasteiger partial charge on any atom is 0.222 e. The van der Waals surface area contributed by atoms with Gasteiger partial charge in [0.25, 0.3) is 0 Å². The molecule has 104 valence electrons. The smallest absolute Gasteiger partial charge is 0.222 e. The quantitative estimate of drug-likeness (QED) is 0.747. The molecular weight excluding hydrogens is 330 g/mol. The topological polar surface area (TPSA) is 90.7 Å². The van der Waals surface area contributed by atoms with Crippen molar-refractivity contribution in [3.8, 4) is 0 Å². The lowest BCUT2D eigenvalue weighted by molar-refractivity contribution is 1.21. The van der Waals surface area contributed by atoms with E-state index in [2.05, 4.69) is 30.9 Å². The van der Waals surface area contributed by atoms with Crippen LogP contribution >= 0.6 is 15.9 Å². The number of fused-ring (bicyclic) bond motifs is 1. The number of rotatable bonds is 2. The summed E-state index contributed by atoms with van der Waals surface area (Å²) in [5.74, 6) is 0.441. The van der Waals surface area contributed by atoms with Crippen LogP contribution < -0.4 is 11.5 Å². The Morgan fingerprint density at radius 2 is 1.62 bits per heavy atom. The third-order valence-electron chi connectivity index (χ3n) is 2.92. The van der Waals surface area contributed by atoms with E-state index in [1.165, 1.54) is 0 Å². The van der Waals surface area contributed by atoms with Crippen molar-refractivity contribution in [2.24, 2.45) is 0 Å². The van der Waals surface area contributed by atoms with E-state index in [9.17, 15) is 0 Å². The van der Waals surface area contributed by atoms with E-state index in [4.69, 9.17) is 11.5 Å². The van der Waals surface area contributed by atoms with Gasteiger partial charge in [-0.25, -0.2) is 9.97 Å². The number of hydrogen-bond donors (Lipinski definition) is 2. The third kappa shape index (κ3) is 3.00. The van der Waals surface area contributed by atoms with Crippen molar-refractivity contribution in [1.29, 1.82) is 0 Å². The molecule has 0 unspecified atom stereocenters. The summed E-state index contributed by atoms with van der Waals surface area (Å²) in [7, 11) is 0. The molecule has 2 heterocycles. The van der Waals surface area contributed by atoms with E-state index >= 15 is 0 Å². The zero-order chi connectivity index (χ0) is 14.8. The van der Waals surface area contributed by atoms with Gasteiger partial charge in [0.05, 0.1) is 11.2 Å². The summed E-state index contributed by atoms with van der Waals surface area (Å²) in [6.45, 7) is 0. The summed E-state index contributed by atoms with van der Waals surface area (Å²) in [6.07, 6.45) is 3.90. The van der Waals surface area contributed by atoms with Crippen LogP contribution in [-0.4, -0.2) is 15.0 Å². The van der Waals surface area contributed by atoms with Crippen LogP contribution in [0.15, 0.2) is 40.9 Å². The molecule has 2 aromatic heterocycles. The number of nitrogens with zero attached hydrogens (tertiary/aromatic N) is 3. The fourth-order valence-corrected chi connectivity index (χ4v) is 2.18. The van der Waals surface area contributed by atoms with Gasteiger partial charge < -0.3 is 11.5 Å². The predicted octanol–water partition coefficient (Wildman–Crippen LogP) is 3.12. The SMILES string of the molecule is Nc1nc(N)c2nc(/C=C/c3ccc(Br)cc3)ccc2n1. The Bertz CT molecular complexity index is 827. The lowest BCUT2D eigenvalue weighted by Crippen LogP contribution is -2.02. The maximum absolute atomic E-state index is 5.83. The molecule has 0 aliphatic carbocycles. The first kappa shape index (κ1) is 13.5. The second-order valence-corrected chi connectivity index (χ2v) is 5.37. The predicted molar refractivity (Wildman–Crippen MR) is 89.2 cm³/mol. The molecule has 0 aliphatic heterocycles. The number of halogens is 1. The number of nitrogen functional groups attached to an aromatic ring is 2. The first-order valence-electron chi connectivity index (χ1n) is 6.25. The van der Waals surface area contributed by atoms with Crippen LogP contribution in [0.1, 0.15) is 11.3 Å². The molecule has 0 aliphatic rings. The number of benzene rings is 1. The lowest BCUT2D eigenvalue weighted by atomic mass is 10.2. The van der Waals surface area contributed by atoms with E-state index in [0.29, 0.717) is 11.0 Å². The fourth-order valence-electron chi connectivity index (χ4n) is 1.92. The zero-order valence-corrected chi connectivity index (χ0v) is 12.6. The summed E-state index contributed by atoms with van der Waals surface area (Å²) in [5.41, 5.74) is 14.5. The largest absolute Gasteiger partial charge is 0.382 e.